The van der Waals surface area contributed by atoms with Crippen LogP contribution in [0.5, 0.6) is 0 Å². The van der Waals surface area contributed by atoms with E-state index < -0.39 is 5.41 Å². The molecule has 1 saturated carbocycles. The Morgan fingerprint density at radius 3 is 2.90 bits per heavy atom. The molecule has 1 aromatic rings. The minimum Gasteiger partial charge on any atom is -0.325 e. The maximum absolute atomic E-state index is 12.5. The highest BCUT2D eigenvalue weighted by Crippen LogP contribution is 2.46. The Kier molecular flexibility index (Phi) is 3.66. The standard InChI is InChI=1S/C18H21NO2/c1-2-3-5-13-6-4-7-15(12-13)19-17(21)18-10-8-14(9-11-18)16(18)20/h4,6-8,10,12,14H,2-3,5,9,11H2,1H3,(H,19,21). The van der Waals surface area contributed by atoms with Gasteiger partial charge in [0.15, 0.2) is 5.78 Å². The SMILES string of the molecule is CCCCc1cccc(NC(=O)C23C=CC(CC2)C3=O)c1. The predicted octanol–water partition coefficient (Wildman–Crippen LogP) is 3.50. The Labute approximate surface area is 125 Å². The lowest BCUT2D eigenvalue weighted by atomic mass is 9.86. The van der Waals surface area contributed by atoms with Crippen molar-refractivity contribution in [1.82, 2.24) is 0 Å². The fraction of sp³-hybridized carbons (Fsp3) is 0.444. The molecule has 3 nitrogen and oxygen atoms in total. The molecule has 21 heavy (non-hydrogen) atoms. The summed E-state index contributed by atoms with van der Waals surface area (Å²) >= 11 is 0. The lowest BCUT2D eigenvalue weighted by Gasteiger charge is -2.21. The highest BCUT2D eigenvalue weighted by atomic mass is 16.2. The van der Waals surface area contributed by atoms with Crippen molar-refractivity contribution in [2.75, 3.05) is 5.32 Å². The lowest BCUT2D eigenvalue weighted by molar-refractivity contribution is -0.133. The number of unbranched alkanes of at least 4 members (excludes halogenated alkanes) is 1. The van der Waals surface area contributed by atoms with E-state index >= 15 is 0 Å². The molecule has 1 fully saturated rings. The Bertz CT molecular complexity index is 605. The number of Topliss-reactive ketones (excluding diaryl/α,β-unsaturated/α-hetero) is 1. The fourth-order valence-corrected chi connectivity index (χ4v) is 3.33. The molecule has 3 rings (SSSR count). The molecule has 0 aliphatic heterocycles. The molecular formula is C18H21NO2. The molecule has 2 atom stereocenters. The molecule has 0 aromatic heterocycles. The van der Waals surface area contributed by atoms with Gasteiger partial charge in [-0.05, 0) is 43.4 Å². The average Bonchev–Trinajstić information content (AvgIpc) is 3.00. The molecule has 1 aromatic carbocycles. The van der Waals surface area contributed by atoms with Crippen LogP contribution in [0.1, 0.15) is 38.2 Å². The highest BCUT2D eigenvalue weighted by Gasteiger charge is 2.54. The zero-order valence-electron chi connectivity index (χ0n) is 12.4. The lowest BCUT2D eigenvalue weighted by Crippen LogP contribution is -2.37. The number of fused-ring (bicyclic) bond motifs is 2. The molecule has 0 heterocycles. The molecule has 3 heteroatoms. The van der Waals surface area contributed by atoms with Crippen LogP contribution in [0.4, 0.5) is 5.69 Å². The summed E-state index contributed by atoms with van der Waals surface area (Å²) in [5.74, 6) is -0.134. The van der Waals surface area contributed by atoms with Crippen LogP contribution in [0, 0.1) is 11.3 Å². The smallest absolute Gasteiger partial charge is 0.241 e. The second-order valence-corrected chi connectivity index (χ2v) is 6.10. The van der Waals surface area contributed by atoms with Gasteiger partial charge in [-0.2, -0.15) is 0 Å². The predicted molar refractivity (Wildman–Crippen MR) is 83.0 cm³/mol. The maximum atomic E-state index is 12.5. The Balaban J connectivity index is 1.73. The summed E-state index contributed by atoms with van der Waals surface area (Å²) in [5.41, 5.74) is 1.12. The van der Waals surface area contributed by atoms with Crippen molar-refractivity contribution in [2.45, 2.75) is 39.0 Å². The van der Waals surface area contributed by atoms with E-state index in [4.69, 9.17) is 0 Å². The van der Waals surface area contributed by atoms with Gasteiger partial charge in [0.25, 0.3) is 0 Å². The second kappa shape index (κ2) is 5.47. The number of anilines is 1. The largest absolute Gasteiger partial charge is 0.325 e. The number of nitrogens with one attached hydrogen (secondary N) is 1. The Morgan fingerprint density at radius 2 is 2.29 bits per heavy atom. The maximum Gasteiger partial charge on any atom is 0.241 e. The normalized spacial score (nSPS) is 26.3. The number of carbonyl (C=O) groups excluding carboxylic acids is 2. The van der Waals surface area contributed by atoms with Gasteiger partial charge in [-0.1, -0.05) is 37.6 Å². The van der Waals surface area contributed by atoms with Gasteiger partial charge in [0, 0.05) is 11.6 Å². The van der Waals surface area contributed by atoms with Gasteiger partial charge >= 0.3 is 0 Å². The van der Waals surface area contributed by atoms with Gasteiger partial charge in [0.05, 0.1) is 0 Å². The first-order valence-electron chi connectivity index (χ1n) is 7.80. The summed E-state index contributed by atoms with van der Waals surface area (Å²) < 4.78 is 0. The summed E-state index contributed by atoms with van der Waals surface area (Å²) in [6.45, 7) is 2.17. The third kappa shape index (κ3) is 2.41. The van der Waals surface area contributed by atoms with Crippen LogP contribution < -0.4 is 5.32 Å². The van der Waals surface area contributed by atoms with E-state index in [2.05, 4.69) is 18.3 Å². The molecule has 2 bridgehead atoms. The molecule has 0 spiro atoms. The van der Waals surface area contributed by atoms with Gasteiger partial charge in [0.2, 0.25) is 5.91 Å². The molecular weight excluding hydrogens is 262 g/mol. The van der Waals surface area contributed by atoms with E-state index in [1.165, 1.54) is 5.56 Å². The van der Waals surface area contributed by atoms with Crippen LogP contribution in [-0.2, 0) is 16.0 Å². The van der Waals surface area contributed by atoms with Gasteiger partial charge in [-0.3, -0.25) is 9.59 Å². The quantitative estimate of drug-likeness (QED) is 0.664. The molecule has 1 amide bonds. The summed E-state index contributed by atoms with van der Waals surface area (Å²) in [5, 5.41) is 2.94. The van der Waals surface area contributed by atoms with E-state index in [-0.39, 0.29) is 17.6 Å². The number of aryl methyl sites for hydroxylation is 1. The number of hydrogen-bond donors (Lipinski definition) is 1. The minimum atomic E-state index is -0.899. The van der Waals surface area contributed by atoms with Crippen molar-refractivity contribution < 1.29 is 9.59 Å². The second-order valence-electron chi connectivity index (χ2n) is 6.10. The number of benzene rings is 1. The number of hydrogen-bond acceptors (Lipinski definition) is 2. The van der Waals surface area contributed by atoms with E-state index in [1.807, 2.05) is 24.3 Å². The molecule has 2 unspecified atom stereocenters. The topological polar surface area (TPSA) is 46.2 Å². The molecule has 110 valence electrons. The van der Waals surface area contributed by atoms with Crippen LogP contribution in [-0.4, -0.2) is 11.7 Å². The van der Waals surface area contributed by atoms with Crippen molar-refractivity contribution in [3.63, 3.8) is 0 Å². The van der Waals surface area contributed by atoms with Crippen molar-refractivity contribution in [2.24, 2.45) is 11.3 Å². The highest BCUT2D eigenvalue weighted by molar-refractivity contribution is 6.16. The molecule has 2 aliphatic rings. The minimum absolute atomic E-state index is 0.0355. The first kappa shape index (κ1) is 14.1. The van der Waals surface area contributed by atoms with Crippen LogP contribution in [0.15, 0.2) is 36.4 Å². The van der Waals surface area contributed by atoms with E-state index in [0.717, 1.165) is 31.4 Å². The number of ketones is 1. The zero-order chi connectivity index (χ0) is 14.9. The monoisotopic (exact) mass is 283 g/mol. The zero-order valence-corrected chi connectivity index (χ0v) is 12.4. The van der Waals surface area contributed by atoms with E-state index in [1.54, 1.807) is 6.08 Å². The number of allylic oxidation sites excluding steroid dienone is 1. The third-order valence-electron chi connectivity index (χ3n) is 4.65. The van der Waals surface area contributed by atoms with Crippen LogP contribution in [0.25, 0.3) is 0 Å². The number of rotatable bonds is 5. The van der Waals surface area contributed by atoms with E-state index in [9.17, 15) is 9.59 Å². The van der Waals surface area contributed by atoms with Gasteiger partial charge in [0.1, 0.15) is 5.41 Å². The van der Waals surface area contributed by atoms with Crippen LogP contribution in [0.3, 0.4) is 0 Å². The number of carbonyl (C=O) groups is 2. The van der Waals surface area contributed by atoms with E-state index in [0.29, 0.717) is 6.42 Å². The van der Waals surface area contributed by atoms with Gasteiger partial charge in [-0.25, -0.2) is 0 Å². The molecule has 0 saturated heterocycles. The summed E-state index contributed by atoms with van der Waals surface area (Å²) in [6.07, 6.45) is 8.47. The van der Waals surface area contributed by atoms with Crippen molar-refractivity contribution in [1.29, 1.82) is 0 Å². The number of amides is 1. The Morgan fingerprint density at radius 1 is 1.43 bits per heavy atom. The summed E-state index contributed by atoms with van der Waals surface area (Å²) in [7, 11) is 0. The van der Waals surface area contributed by atoms with Crippen LogP contribution in [0.2, 0.25) is 0 Å². The van der Waals surface area contributed by atoms with Crippen molar-refractivity contribution >= 4 is 17.4 Å². The first-order chi connectivity index (χ1) is 10.2. The van der Waals surface area contributed by atoms with Gasteiger partial charge < -0.3 is 5.32 Å². The Hall–Kier alpha value is -1.90. The van der Waals surface area contributed by atoms with Gasteiger partial charge in [-0.15, -0.1) is 0 Å². The summed E-state index contributed by atoms with van der Waals surface area (Å²) in [6, 6.07) is 7.94. The van der Waals surface area contributed by atoms with Crippen molar-refractivity contribution in [3.05, 3.63) is 42.0 Å². The molecule has 2 aliphatic carbocycles. The van der Waals surface area contributed by atoms with Crippen molar-refractivity contribution in [3.8, 4) is 0 Å². The first-order valence-corrected chi connectivity index (χ1v) is 7.80. The molecule has 1 N–H and O–H groups in total. The van der Waals surface area contributed by atoms with Crippen LogP contribution >= 0.6 is 0 Å². The average molecular weight is 283 g/mol. The summed E-state index contributed by atoms with van der Waals surface area (Å²) in [4.78, 5) is 24.8. The fourth-order valence-electron chi connectivity index (χ4n) is 3.33. The third-order valence-corrected chi connectivity index (χ3v) is 4.65. The molecule has 0 radical (unpaired) electrons.